The lowest BCUT2D eigenvalue weighted by molar-refractivity contribution is 0.340. The second-order valence-electron chi connectivity index (χ2n) is 6.58. The summed E-state index contributed by atoms with van der Waals surface area (Å²) in [4.78, 5) is 0. The third kappa shape index (κ3) is 3.78. The van der Waals surface area contributed by atoms with Crippen LogP contribution in [0.1, 0.15) is 52.0 Å². The smallest absolute Gasteiger partial charge is 0.118 e. The molecule has 0 saturated heterocycles. The minimum absolute atomic E-state index is 0.608. The highest BCUT2D eigenvalue weighted by Gasteiger charge is 2.31. The van der Waals surface area contributed by atoms with Crippen LogP contribution in [0.2, 0.25) is 0 Å². The number of allylic oxidation sites excluding steroid dienone is 4. The van der Waals surface area contributed by atoms with E-state index in [4.69, 9.17) is 4.74 Å². The van der Waals surface area contributed by atoms with Gasteiger partial charge in [0, 0.05) is 0 Å². The van der Waals surface area contributed by atoms with Crippen molar-refractivity contribution < 1.29 is 4.74 Å². The van der Waals surface area contributed by atoms with Crippen LogP contribution < -0.4 is 4.74 Å². The largest absolute Gasteiger partial charge is 0.497 e. The van der Waals surface area contributed by atoms with Crippen LogP contribution in [0, 0.1) is 11.8 Å². The molecule has 0 amide bonds. The maximum absolute atomic E-state index is 5.29. The van der Waals surface area contributed by atoms with Gasteiger partial charge in [0.15, 0.2) is 0 Å². The first-order chi connectivity index (χ1) is 10.0. The zero-order valence-corrected chi connectivity index (χ0v) is 14.0. The van der Waals surface area contributed by atoms with Gasteiger partial charge in [-0.25, -0.2) is 0 Å². The van der Waals surface area contributed by atoms with Crippen molar-refractivity contribution in [3.05, 3.63) is 53.1 Å². The SMILES string of the molecule is COc1ccc(C2C(C)CC=C(C)C2CC=C(C)C)cc1. The van der Waals surface area contributed by atoms with E-state index in [1.165, 1.54) is 17.6 Å². The maximum atomic E-state index is 5.29. The Balaban J connectivity index is 2.30. The Morgan fingerprint density at radius 3 is 2.48 bits per heavy atom. The molecule has 2 rings (SSSR count). The molecule has 0 fully saturated rings. The van der Waals surface area contributed by atoms with Gasteiger partial charge >= 0.3 is 0 Å². The highest BCUT2D eigenvalue weighted by atomic mass is 16.5. The van der Waals surface area contributed by atoms with Crippen molar-refractivity contribution in [2.75, 3.05) is 7.11 Å². The van der Waals surface area contributed by atoms with Gasteiger partial charge in [-0.3, -0.25) is 0 Å². The molecule has 0 saturated carbocycles. The number of benzene rings is 1. The number of ether oxygens (including phenoxy) is 1. The summed E-state index contributed by atoms with van der Waals surface area (Å²) in [5, 5.41) is 0. The molecule has 0 radical (unpaired) electrons. The molecule has 3 unspecified atom stereocenters. The Labute approximate surface area is 129 Å². The van der Waals surface area contributed by atoms with Gasteiger partial charge in [-0.2, -0.15) is 0 Å². The Morgan fingerprint density at radius 2 is 1.90 bits per heavy atom. The summed E-state index contributed by atoms with van der Waals surface area (Å²) in [6.45, 7) is 9.06. The minimum Gasteiger partial charge on any atom is -0.497 e. The van der Waals surface area contributed by atoms with Crippen molar-refractivity contribution in [2.45, 2.75) is 46.5 Å². The van der Waals surface area contributed by atoms with Gasteiger partial charge < -0.3 is 4.74 Å². The Bertz CT molecular complexity index is 517. The maximum Gasteiger partial charge on any atom is 0.118 e. The minimum atomic E-state index is 0.608. The molecule has 0 bridgehead atoms. The second kappa shape index (κ2) is 6.98. The first kappa shape index (κ1) is 15.9. The van der Waals surface area contributed by atoms with Crippen molar-refractivity contribution in [3.63, 3.8) is 0 Å². The third-order valence-electron chi connectivity index (χ3n) is 4.72. The van der Waals surface area contributed by atoms with Crippen LogP contribution in [0.15, 0.2) is 47.6 Å². The molecule has 1 aliphatic rings. The third-order valence-corrected chi connectivity index (χ3v) is 4.72. The lowest BCUT2D eigenvalue weighted by atomic mass is 9.68. The van der Waals surface area contributed by atoms with Gasteiger partial charge in [0.2, 0.25) is 0 Å². The summed E-state index contributed by atoms with van der Waals surface area (Å²) in [5.74, 6) is 2.86. The van der Waals surface area contributed by atoms with Crippen LogP contribution in [0.5, 0.6) is 5.75 Å². The summed E-state index contributed by atoms with van der Waals surface area (Å²) in [7, 11) is 1.72. The van der Waals surface area contributed by atoms with Gasteiger partial charge in [-0.1, -0.05) is 42.4 Å². The number of hydrogen-bond donors (Lipinski definition) is 0. The molecular formula is C20H28O. The molecule has 3 atom stereocenters. The van der Waals surface area contributed by atoms with Crippen LogP contribution in [-0.4, -0.2) is 7.11 Å². The number of rotatable bonds is 4. The number of methoxy groups -OCH3 is 1. The van der Waals surface area contributed by atoms with E-state index in [1.54, 1.807) is 12.7 Å². The molecule has 1 aromatic rings. The van der Waals surface area contributed by atoms with Gasteiger partial charge in [-0.05, 0) is 69.1 Å². The molecule has 0 aromatic heterocycles. The van der Waals surface area contributed by atoms with Crippen molar-refractivity contribution in [2.24, 2.45) is 11.8 Å². The molecule has 114 valence electrons. The summed E-state index contributed by atoms with van der Waals surface area (Å²) in [6.07, 6.45) is 7.16. The molecular weight excluding hydrogens is 256 g/mol. The molecule has 1 aromatic carbocycles. The Morgan fingerprint density at radius 1 is 1.24 bits per heavy atom. The van der Waals surface area contributed by atoms with E-state index in [0.29, 0.717) is 17.8 Å². The Kier molecular flexibility index (Phi) is 5.27. The predicted octanol–water partition coefficient (Wildman–Crippen LogP) is 5.74. The average Bonchev–Trinajstić information content (AvgIpc) is 2.48. The van der Waals surface area contributed by atoms with Crippen LogP contribution in [0.25, 0.3) is 0 Å². The molecule has 0 spiro atoms. The fourth-order valence-electron chi connectivity index (χ4n) is 3.43. The van der Waals surface area contributed by atoms with E-state index in [2.05, 4.69) is 64.1 Å². The fourth-order valence-corrected chi connectivity index (χ4v) is 3.43. The normalized spacial score (nSPS) is 25.2. The quantitative estimate of drug-likeness (QED) is 0.641. The highest BCUT2D eigenvalue weighted by molar-refractivity contribution is 5.33. The zero-order chi connectivity index (χ0) is 15.4. The van der Waals surface area contributed by atoms with Crippen LogP contribution in [0.4, 0.5) is 0 Å². The number of hydrogen-bond acceptors (Lipinski definition) is 1. The summed E-state index contributed by atoms with van der Waals surface area (Å²) in [5.41, 5.74) is 4.41. The van der Waals surface area contributed by atoms with Gasteiger partial charge in [0.05, 0.1) is 7.11 Å². The van der Waals surface area contributed by atoms with E-state index < -0.39 is 0 Å². The standard InChI is InChI=1S/C20H28O/c1-14(2)6-13-19-15(3)7-8-16(4)20(19)17-9-11-18(21-5)12-10-17/h6-7,9-12,16,19-20H,8,13H2,1-5H3. The lowest BCUT2D eigenvalue weighted by Gasteiger charge is -2.36. The van der Waals surface area contributed by atoms with Gasteiger partial charge in [0.25, 0.3) is 0 Å². The topological polar surface area (TPSA) is 9.23 Å². The van der Waals surface area contributed by atoms with Gasteiger partial charge in [-0.15, -0.1) is 0 Å². The van der Waals surface area contributed by atoms with Crippen LogP contribution in [-0.2, 0) is 0 Å². The van der Waals surface area contributed by atoms with Gasteiger partial charge in [0.1, 0.15) is 5.75 Å². The molecule has 0 N–H and O–H groups in total. The van der Waals surface area contributed by atoms with E-state index in [9.17, 15) is 0 Å². The first-order valence-electron chi connectivity index (χ1n) is 7.97. The molecule has 1 heteroatoms. The molecule has 21 heavy (non-hydrogen) atoms. The van der Waals surface area contributed by atoms with E-state index >= 15 is 0 Å². The van der Waals surface area contributed by atoms with Crippen molar-refractivity contribution in [3.8, 4) is 5.75 Å². The molecule has 0 aliphatic heterocycles. The Hall–Kier alpha value is -1.50. The first-order valence-corrected chi connectivity index (χ1v) is 7.97. The summed E-state index contributed by atoms with van der Waals surface area (Å²) >= 11 is 0. The molecule has 1 nitrogen and oxygen atoms in total. The highest BCUT2D eigenvalue weighted by Crippen LogP contribution is 2.44. The van der Waals surface area contributed by atoms with Crippen LogP contribution in [0.3, 0.4) is 0 Å². The fraction of sp³-hybridized carbons (Fsp3) is 0.500. The van der Waals surface area contributed by atoms with E-state index in [0.717, 1.165) is 12.2 Å². The van der Waals surface area contributed by atoms with Crippen molar-refractivity contribution in [1.82, 2.24) is 0 Å². The van der Waals surface area contributed by atoms with E-state index in [-0.39, 0.29) is 0 Å². The lowest BCUT2D eigenvalue weighted by Crippen LogP contribution is -2.24. The van der Waals surface area contributed by atoms with Crippen molar-refractivity contribution in [1.29, 1.82) is 0 Å². The summed E-state index contributed by atoms with van der Waals surface area (Å²) in [6, 6.07) is 8.67. The molecule has 0 heterocycles. The summed E-state index contributed by atoms with van der Waals surface area (Å²) < 4.78 is 5.29. The predicted molar refractivity (Wildman–Crippen MR) is 90.8 cm³/mol. The van der Waals surface area contributed by atoms with E-state index in [1.807, 2.05) is 0 Å². The monoisotopic (exact) mass is 284 g/mol. The second-order valence-corrected chi connectivity index (χ2v) is 6.58. The zero-order valence-electron chi connectivity index (χ0n) is 14.0. The average molecular weight is 284 g/mol. The van der Waals surface area contributed by atoms with Crippen LogP contribution >= 0.6 is 0 Å². The molecule has 1 aliphatic carbocycles. The van der Waals surface area contributed by atoms with Crippen molar-refractivity contribution >= 4 is 0 Å².